The number of ether oxygens (including phenoxy) is 1. The lowest BCUT2D eigenvalue weighted by molar-refractivity contribution is -0.157. The van der Waals surface area contributed by atoms with E-state index in [0.29, 0.717) is 25.1 Å². The molecule has 7 heteroatoms. The van der Waals surface area contributed by atoms with Gasteiger partial charge in [0, 0.05) is 13.0 Å². The number of likely N-dealkylation sites (tertiary alicyclic amines) is 1. The lowest BCUT2D eigenvalue weighted by Crippen LogP contribution is -2.58. The van der Waals surface area contributed by atoms with Crippen LogP contribution in [0, 0.1) is 0 Å². The number of hydrogen-bond acceptors (Lipinski definition) is 5. The van der Waals surface area contributed by atoms with Crippen molar-refractivity contribution < 1.29 is 24.5 Å². The van der Waals surface area contributed by atoms with Gasteiger partial charge < -0.3 is 25.2 Å². The van der Waals surface area contributed by atoms with E-state index in [1.807, 2.05) is 0 Å². The number of hydrogen-bond donors (Lipinski definition) is 3. The minimum absolute atomic E-state index is 0.00475. The maximum Gasteiger partial charge on any atom is 0.329 e. The van der Waals surface area contributed by atoms with Crippen LogP contribution in [-0.4, -0.2) is 58.8 Å². The zero-order chi connectivity index (χ0) is 18.0. The molecule has 136 valence electrons. The number of phenolic OH excluding ortho intramolecular Hbond substituents is 1. The first-order valence-electron chi connectivity index (χ1n) is 8.62. The standard InChI is InChI=1S/C18H24N2O5/c1-25-15-10-12(5-6-14(15)21)11-18(17(23)24)7-3-9-20(18)16(22)13-4-2-8-19-13/h5-6,10,13,19,21H,2-4,7-9,11H2,1H3,(H,23,24)/t13-,18+/m0/s1. The molecule has 0 radical (unpaired) electrons. The Hall–Kier alpha value is -2.28. The van der Waals surface area contributed by atoms with Gasteiger partial charge in [0.2, 0.25) is 5.91 Å². The summed E-state index contributed by atoms with van der Waals surface area (Å²) in [4.78, 5) is 26.6. The number of carboxylic acids is 1. The minimum atomic E-state index is -1.25. The van der Waals surface area contributed by atoms with E-state index >= 15 is 0 Å². The van der Waals surface area contributed by atoms with Gasteiger partial charge in [0.25, 0.3) is 0 Å². The molecule has 1 aromatic carbocycles. The molecule has 1 aromatic rings. The van der Waals surface area contributed by atoms with Crippen molar-refractivity contribution >= 4 is 11.9 Å². The summed E-state index contributed by atoms with van der Waals surface area (Å²) in [5.74, 6) is -0.803. The summed E-state index contributed by atoms with van der Waals surface area (Å²) >= 11 is 0. The molecule has 1 amide bonds. The number of carboxylic acid groups (broad SMARTS) is 1. The third-order valence-corrected chi connectivity index (χ3v) is 5.25. The quantitative estimate of drug-likeness (QED) is 0.738. The van der Waals surface area contributed by atoms with Crippen LogP contribution >= 0.6 is 0 Å². The molecule has 7 nitrogen and oxygen atoms in total. The monoisotopic (exact) mass is 348 g/mol. The number of aromatic hydroxyl groups is 1. The molecule has 0 aliphatic carbocycles. The number of nitrogens with one attached hydrogen (secondary N) is 1. The van der Waals surface area contributed by atoms with Crippen LogP contribution in [0.2, 0.25) is 0 Å². The highest BCUT2D eigenvalue weighted by atomic mass is 16.5. The summed E-state index contributed by atoms with van der Waals surface area (Å²) in [6, 6.07) is 4.52. The minimum Gasteiger partial charge on any atom is -0.504 e. The van der Waals surface area contributed by atoms with Gasteiger partial charge in [-0.1, -0.05) is 6.07 Å². The van der Waals surface area contributed by atoms with Gasteiger partial charge in [-0.25, -0.2) is 4.79 Å². The molecule has 2 aliphatic rings. The summed E-state index contributed by atoms with van der Waals surface area (Å²) in [5, 5.41) is 22.9. The van der Waals surface area contributed by atoms with Crippen molar-refractivity contribution in [1.82, 2.24) is 10.2 Å². The highest BCUT2D eigenvalue weighted by molar-refractivity contribution is 5.90. The van der Waals surface area contributed by atoms with E-state index in [9.17, 15) is 19.8 Å². The Kier molecular flexibility index (Phi) is 4.85. The predicted octanol–water partition coefficient (Wildman–Crippen LogP) is 1.14. The Bertz CT molecular complexity index is 671. The van der Waals surface area contributed by atoms with Crippen molar-refractivity contribution in [3.8, 4) is 11.5 Å². The van der Waals surface area contributed by atoms with Crippen molar-refractivity contribution in [2.75, 3.05) is 20.2 Å². The first kappa shape index (κ1) is 17.5. The van der Waals surface area contributed by atoms with Gasteiger partial charge >= 0.3 is 5.97 Å². The second kappa shape index (κ2) is 6.92. The number of nitrogens with zero attached hydrogens (tertiary/aromatic N) is 1. The van der Waals surface area contributed by atoms with Crippen LogP contribution in [0.1, 0.15) is 31.2 Å². The molecule has 25 heavy (non-hydrogen) atoms. The summed E-state index contributed by atoms with van der Waals surface area (Å²) in [5.41, 5.74) is -0.528. The molecule has 3 rings (SSSR count). The highest BCUT2D eigenvalue weighted by Gasteiger charge is 2.51. The molecule has 2 aliphatic heterocycles. The molecule has 2 atom stereocenters. The third-order valence-electron chi connectivity index (χ3n) is 5.25. The number of phenols is 1. The summed E-state index contributed by atoms with van der Waals surface area (Å²) in [6.07, 6.45) is 2.96. The smallest absolute Gasteiger partial charge is 0.329 e. The van der Waals surface area contributed by atoms with Gasteiger partial charge in [0.05, 0.1) is 13.2 Å². The maximum absolute atomic E-state index is 12.9. The molecular formula is C18H24N2O5. The number of aliphatic carboxylic acids is 1. The number of amides is 1. The average Bonchev–Trinajstić information content (AvgIpc) is 3.26. The topological polar surface area (TPSA) is 99.1 Å². The first-order valence-corrected chi connectivity index (χ1v) is 8.62. The van der Waals surface area contributed by atoms with Crippen molar-refractivity contribution in [2.24, 2.45) is 0 Å². The van der Waals surface area contributed by atoms with Crippen LogP contribution in [-0.2, 0) is 16.0 Å². The molecule has 2 fully saturated rings. The molecule has 2 heterocycles. The Morgan fingerprint density at radius 1 is 1.40 bits per heavy atom. The number of rotatable bonds is 5. The SMILES string of the molecule is COc1cc(C[C@@]2(C(=O)O)CCCN2C(=O)[C@@H]2CCCN2)ccc1O. The fourth-order valence-corrected chi connectivity index (χ4v) is 3.93. The Labute approximate surface area is 146 Å². The summed E-state index contributed by atoms with van der Waals surface area (Å²) in [6.45, 7) is 1.25. The van der Waals surface area contributed by atoms with E-state index in [0.717, 1.165) is 24.9 Å². The molecule has 0 unspecified atom stereocenters. The second-order valence-corrected chi connectivity index (χ2v) is 6.76. The van der Waals surface area contributed by atoms with Crippen LogP contribution in [0.25, 0.3) is 0 Å². The van der Waals surface area contributed by atoms with E-state index in [2.05, 4.69) is 5.32 Å². The van der Waals surface area contributed by atoms with E-state index in [1.54, 1.807) is 12.1 Å². The van der Waals surface area contributed by atoms with Gasteiger partial charge in [-0.05, 0) is 49.9 Å². The largest absolute Gasteiger partial charge is 0.504 e. The van der Waals surface area contributed by atoms with Crippen LogP contribution in [0.5, 0.6) is 11.5 Å². The van der Waals surface area contributed by atoms with Gasteiger partial charge in [-0.15, -0.1) is 0 Å². The fraction of sp³-hybridized carbons (Fsp3) is 0.556. The molecule has 0 aromatic heterocycles. The Morgan fingerprint density at radius 3 is 2.84 bits per heavy atom. The van der Waals surface area contributed by atoms with Crippen molar-refractivity contribution in [2.45, 2.75) is 43.7 Å². The van der Waals surface area contributed by atoms with E-state index in [1.165, 1.54) is 18.1 Å². The van der Waals surface area contributed by atoms with Crippen LogP contribution in [0.3, 0.4) is 0 Å². The van der Waals surface area contributed by atoms with Gasteiger partial charge in [-0.3, -0.25) is 4.79 Å². The molecule has 0 bridgehead atoms. The molecule has 3 N–H and O–H groups in total. The number of carbonyl (C=O) groups is 2. The highest BCUT2D eigenvalue weighted by Crippen LogP contribution is 2.36. The van der Waals surface area contributed by atoms with Crippen molar-refractivity contribution in [3.63, 3.8) is 0 Å². The van der Waals surface area contributed by atoms with E-state index in [4.69, 9.17) is 4.74 Å². The Morgan fingerprint density at radius 2 is 2.20 bits per heavy atom. The number of methoxy groups -OCH3 is 1. The molecule has 2 saturated heterocycles. The fourth-order valence-electron chi connectivity index (χ4n) is 3.93. The lowest BCUT2D eigenvalue weighted by atomic mass is 9.87. The van der Waals surface area contributed by atoms with Crippen LogP contribution < -0.4 is 10.1 Å². The number of benzene rings is 1. The zero-order valence-electron chi connectivity index (χ0n) is 14.3. The van der Waals surface area contributed by atoms with Gasteiger partial charge in [0.15, 0.2) is 11.5 Å². The molecule has 0 saturated carbocycles. The molecule has 0 spiro atoms. The van der Waals surface area contributed by atoms with Crippen molar-refractivity contribution in [3.05, 3.63) is 23.8 Å². The first-order chi connectivity index (χ1) is 12.0. The van der Waals surface area contributed by atoms with Crippen LogP contribution in [0.4, 0.5) is 0 Å². The van der Waals surface area contributed by atoms with E-state index in [-0.39, 0.29) is 24.1 Å². The second-order valence-electron chi connectivity index (χ2n) is 6.76. The maximum atomic E-state index is 12.9. The van der Waals surface area contributed by atoms with Gasteiger partial charge in [0.1, 0.15) is 5.54 Å². The average molecular weight is 348 g/mol. The number of carbonyl (C=O) groups excluding carboxylic acids is 1. The van der Waals surface area contributed by atoms with Crippen molar-refractivity contribution in [1.29, 1.82) is 0 Å². The van der Waals surface area contributed by atoms with Crippen LogP contribution in [0.15, 0.2) is 18.2 Å². The van der Waals surface area contributed by atoms with E-state index < -0.39 is 11.5 Å². The Balaban J connectivity index is 1.90. The zero-order valence-corrected chi connectivity index (χ0v) is 14.3. The predicted molar refractivity (Wildman–Crippen MR) is 90.7 cm³/mol. The normalized spacial score (nSPS) is 26.0. The third kappa shape index (κ3) is 3.16. The lowest BCUT2D eigenvalue weighted by Gasteiger charge is -2.36. The van der Waals surface area contributed by atoms with Gasteiger partial charge in [-0.2, -0.15) is 0 Å². The summed E-state index contributed by atoms with van der Waals surface area (Å²) in [7, 11) is 1.45. The summed E-state index contributed by atoms with van der Waals surface area (Å²) < 4.78 is 5.11. The molecular weight excluding hydrogens is 324 g/mol.